The van der Waals surface area contributed by atoms with Gasteiger partial charge < -0.3 is 4.74 Å². The van der Waals surface area contributed by atoms with Gasteiger partial charge in [-0.2, -0.15) is 5.10 Å². The summed E-state index contributed by atoms with van der Waals surface area (Å²) < 4.78 is 5.21. The van der Waals surface area contributed by atoms with E-state index in [1.807, 2.05) is 24.3 Å². The number of rotatable bonds is 5. The Labute approximate surface area is 119 Å². The summed E-state index contributed by atoms with van der Waals surface area (Å²) in [6.07, 6.45) is 5.23. The van der Waals surface area contributed by atoms with E-state index < -0.39 is 0 Å². The van der Waals surface area contributed by atoms with Gasteiger partial charge in [0.05, 0.1) is 19.9 Å². The van der Waals surface area contributed by atoms with Gasteiger partial charge in [-0.15, -0.1) is 0 Å². The summed E-state index contributed by atoms with van der Waals surface area (Å²) in [6, 6.07) is 7.54. The fraction of sp³-hybridized carbons (Fsp3) is 0.467. The predicted octanol–water partition coefficient (Wildman–Crippen LogP) is 1.63. The number of hydrazone groups is 1. The number of nitrogens with zero attached hydrogens (tertiary/aromatic N) is 2. The third kappa shape index (κ3) is 4.35. The molecule has 0 radical (unpaired) electrons. The molecule has 1 amide bonds. The molecule has 5 nitrogen and oxygen atoms in total. The van der Waals surface area contributed by atoms with Crippen molar-refractivity contribution < 1.29 is 9.53 Å². The molecule has 5 heteroatoms. The van der Waals surface area contributed by atoms with Gasteiger partial charge in [0, 0.05) is 5.56 Å². The first-order chi connectivity index (χ1) is 9.79. The lowest BCUT2D eigenvalue weighted by Crippen LogP contribution is -2.38. The molecule has 0 aliphatic carbocycles. The number of likely N-dealkylation sites (tertiary alicyclic amines) is 1. The van der Waals surface area contributed by atoms with Crippen molar-refractivity contribution >= 4 is 12.1 Å². The number of hydrogen-bond donors (Lipinski definition) is 1. The third-order valence-corrected chi connectivity index (χ3v) is 3.35. The molecule has 0 spiro atoms. The van der Waals surface area contributed by atoms with Crippen molar-refractivity contribution in [2.24, 2.45) is 5.10 Å². The lowest BCUT2D eigenvalue weighted by Gasteiger charge is -2.25. The van der Waals surface area contributed by atoms with Crippen LogP contribution in [0.5, 0.6) is 5.75 Å². The van der Waals surface area contributed by atoms with Crippen molar-refractivity contribution in [1.29, 1.82) is 0 Å². The number of benzene rings is 1. The smallest absolute Gasteiger partial charge is 0.254 e. The second kappa shape index (κ2) is 7.65. The number of piperidine rings is 1. The van der Waals surface area contributed by atoms with Crippen LogP contribution in [0.3, 0.4) is 0 Å². The first-order valence-corrected chi connectivity index (χ1v) is 6.97. The van der Waals surface area contributed by atoms with E-state index in [2.05, 4.69) is 15.4 Å². The molecule has 0 atom stereocenters. The number of methoxy groups -OCH3 is 1. The SMILES string of the molecule is COc1ccccc1C=NNC(=O)CN1CCCCC1. The van der Waals surface area contributed by atoms with Gasteiger partial charge in [0.2, 0.25) is 0 Å². The van der Waals surface area contributed by atoms with Crippen molar-refractivity contribution in [1.82, 2.24) is 10.3 Å². The number of ether oxygens (including phenoxy) is 1. The molecule has 1 aromatic carbocycles. The van der Waals surface area contributed by atoms with E-state index in [1.165, 1.54) is 19.3 Å². The summed E-state index contributed by atoms with van der Waals surface area (Å²) in [6.45, 7) is 2.43. The maximum atomic E-state index is 11.8. The Morgan fingerprint density at radius 1 is 1.35 bits per heavy atom. The average Bonchev–Trinajstić information content (AvgIpc) is 2.49. The molecule has 20 heavy (non-hydrogen) atoms. The van der Waals surface area contributed by atoms with Crippen molar-refractivity contribution in [3.8, 4) is 5.75 Å². The molecule has 1 aromatic rings. The minimum atomic E-state index is -0.0713. The quantitative estimate of drug-likeness (QED) is 0.656. The molecular formula is C15H21N3O2. The van der Waals surface area contributed by atoms with Crippen LogP contribution in [0.2, 0.25) is 0 Å². The maximum Gasteiger partial charge on any atom is 0.254 e. The van der Waals surface area contributed by atoms with Crippen LogP contribution in [-0.4, -0.2) is 43.8 Å². The number of carbonyl (C=O) groups is 1. The zero-order chi connectivity index (χ0) is 14.2. The second-order valence-corrected chi connectivity index (χ2v) is 4.87. The van der Waals surface area contributed by atoms with Crippen LogP contribution in [0, 0.1) is 0 Å². The topological polar surface area (TPSA) is 53.9 Å². The first-order valence-electron chi connectivity index (χ1n) is 6.97. The Morgan fingerprint density at radius 2 is 2.10 bits per heavy atom. The van der Waals surface area contributed by atoms with E-state index in [9.17, 15) is 4.79 Å². The number of nitrogens with one attached hydrogen (secondary N) is 1. The van der Waals surface area contributed by atoms with Crippen molar-refractivity contribution in [2.45, 2.75) is 19.3 Å². The highest BCUT2D eigenvalue weighted by molar-refractivity contribution is 5.85. The largest absolute Gasteiger partial charge is 0.496 e. The predicted molar refractivity (Wildman–Crippen MR) is 79.0 cm³/mol. The molecular weight excluding hydrogens is 254 g/mol. The number of carbonyl (C=O) groups excluding carboxylic acids is 1. The molecule has 1 N–H and O–H groups in total. The molecule has 0 aromatic heterocycles. The van der Waals surface area contributed by atoms with Crippen molar-refractivity contribution in [2.75, 3.05) is 26.7 Å². The summed E-state index contributed by atoms with van der Waals surface area (Å²) in [5.74, 6) is 0.666. The molecule has 1 aliphatic rings. The Bertz CT molecular complexity index is 468. The van der Waals surface area contributed by atoms with E-state index in [0.717, 1.165) is 24.4 Å². The van der Waals surface area contributed by atoms with Crippen molar-refractivity contribution in [3.05, 3.63) is 29.8 Å². The number of para-hydroxylation sites is 1. The van der Waals surface area contributed by atoms with E-state index in [1.54, 1.807) is 13.3 Å². The Morgan fingerprint density at radius 3 is 2.85 bits per heavy atom. The molecule has 0 unspecified atom stereocenters. The molecule has 2 rings (SSSR count). The first kappa shape index (κ1) is 14.5. The Balaban J connectivity index is 1.81. The second-order valence-electron chi connectivity index (χ2n) is 4.87. The van der Waals surface area contributed by atoms with E-state index in [-0.39, 0.29) is 5.91 Å². The van der Waals surface area contributed by atoms with Gasteiger partial charge in [-0.05, 0) is 38.1 Å². The van der Waals surface area contributed by atoms with Gasteiger partial charge in [-0.3, -0.25) is 9.69 Å². The van der Waals surface area contributed by atoms with Gasteiger partial charge in [0.25, 0.3) is 5.91 Å². The lowest BCUT2D eigenvalue weighted by molar-refractivity contribution is -0.122. The summed E-state index contributed by atoms with van der Waals surface area (Å²) in [5, 5.41) is 3.98. The fourth-order valence-electron chi connectivity index (χ4n) is 2.30. The highest BCUT2D eigenvalue weighted by atomic mass is 16.5. The van der Waals surface area contributed by atoms with Gasteiger partial charge in [-0.1, -0.05) is 18.6 Å². The van der Waals surface area contributed by atoms with E-state index in [0.29, 0.717) is 6.54 Å². The number of amides is 1. The lowest BCUT2D eigenvalue weighted by atomic mass is 10.1. The highest BCUT2D eigenvalue weighted by Gasteiger charge is 2.13. The van der Waals surface area contributed by atoms with Gasteiger partial charge in [0.1, 0.15) is 5.75 Å². The van der Waals surface area contributed by atoms with Crippen LogP contribution in [0.1, 0.15) is 24.8 Å². The molecule has 0 saturated carbocycles. The molecule has 108 valence electrons. The minimum Gasteiger partial charge on any atom is -0.496 e. The normalized spacial score (nSPS) is 16.2. The van der Waals surface area contributed by atoms with Crippen LogP contribution in [-0.2, 0) is 4.79 Å². The van der Waals surface area contributed by atoms with Gasteiger partial charge in [-0.25, -0.2) is 5.43 Å². The van der Waals surface area contributed by atoms with Crippen LogP contribution < -0.4 is 10.2 Å². The van der Waals surface area contributed by atoms with Crippen LogP contribution in [0.15, 0.2) is 29.4 Å². The molecule has 0 bridgehead atoms. The van der Waals surface area contributed by atoms with Crippen molar-refractivity contribution in [3.63, 3.8) is 0 Å². The van der Waals surface area contributed by atoms with E-state index >= 15 is 0 Å². The Hall–Kier alpha value is -1.88. The van der Waals surface area contributed by atoms with Gasteiger partial charge >= 0.3 is 0 Å². The van der Waals surface area contributed by atoms with E-state index in [4.69, 9.17) is 4.74 Å². The summed E-state index contributed by atoms with van der Waals surface area (Å²) in [5.41, 5.74) is 3.40. The highest BCUT2D eigenvalue weighted by Crippen LogP contribution is 2.14. The summed E-state index contributed by atoms with van der Waals surface area (Å²) >= 11 is 0. The molecule has 1 saturated heterocycles. The third-order valence-electron chi connectivity index (χ3n) is 3.35. The minimum absolute atomic E-state index is 0.0713. The molecule has 1 fully saturated rings. The van der Waals surface area contributed by atoms with Crippen LogP contribution in [0.25, 0.3) is 0 Å². The fourth-order valence-corrected chi connectivity index (χ4v) is 2.30. The van der Waals surface area contributed by atoms with Crippen LogP contribution >= 0.6 is 0 Å². The average molecular weight is 275 g/mol. The summed E-state index contributed by atoms with van der Waals surface area (Å²) in [7, 11) is 1.61. The summed E-state index contributed by atoms with van der Waals surface area (Å²) in [4.78, 5) is 13.9. The Kier molecular flexibility index (Phi) is 5.55. The zero-order valence-corrected chi connectivity index (χ0v) is 11.8. The van der Waals surface area contributed by atoms with Gasteiger partial charge in [0.15, 0.2) is 0 Å². The number of hydrogen-bond acceptors (Lipinski definition) is 4. The van der Waals surface area contributed by atoms with Crippen LogP contribution in [0.4, 0.5) is 0 Å². The standard InChI is InChI=1S/C15H21N3O2/c1-20-14-8-4-3-7-13(14)11-16-17-15(19)12-18-9-5-2-6-10-18/h3-4,7-8,11H,2,5-6,9-10,12H2,1H3,(H,17,19). The molecule has 1 heterocycles. The molecule has 1 aliphatic heterocycles. The zero-order valence-electron chi connectivity index (χ0n) is 11.8. The monoisotopic (exact) mass is 275 g/mol. The maximum absolute atomic E-state index is 11.8.